The molecule has 0 saturated heterocycles. The second-order valence-electron chi connectivity index (χ2n) is 6.85. The summed E-state index contributed by atoms with van der Waals surface area (Å²) in [7, 11) is 0. The number of nitrogens with one attached hydrogen (secondary N) is 1. The van der Waals surface area contributed by atoms with Crippen molar-refractivity contribution in [1.29, 1.82) is 0 Å². The molecular weight excluding hydrogens is 322 g/mol. The quantitative estimate of drug-likeness (QED) is 0.499. The highest BCUT2D eigenvalue weighted by atomic mass is 16.4. The highest BCUT2D eigenvalue weighted by molar-refractivity contribution is 6.09. The van der Waals surface area contributed by atoms with Gasteiger partial charge >= 0.3 is 0 Å². The summed E-state index contributed by atoms with van der Waals surface area (Å²) in [5.74, 6) is 1.04. The zero-order valence-corrected chi connectivity index (χ0v) is 15.7. The van der Waals surface area contributed by atoms with E-state index in [0.29, 0.717) is 12.3 Å². The van der Waals surface area contributed by atoms with Crippen molar-refractivity contribution >= 4 is 16.7 Å². The molecule has 26 heavy (non-hydrogen) atoms. The molecule has 0 aliphatic heterocycles. The van der Waals surface area contributed by atoms with Gasteiger partial charge in [0.2, 0.25) is 0 Å². The monoisotopic (exact) mass is 349 g/mol. The largest absolute Gasteiger partial charge is 0.450 e. The first-order valence-corrected chi connectivity index (χ1v) is 9.57. The lowest BCUT2D eigenvalue weighted by Gasteiger charge is -2.03. The predicted octanol–water partition coefficient (Wildman–Crippen LogP) is 6.11. The van der Waals surface area contributed by atoms with E-state index >= 15 is 0 Å². The third-order valence-electron chi connectivity index (χ3n) is 4.67. The Kier molecular flexibility index (Phi) is 6.11. The van der Waals surface area contributed by atoms with E-state index in [-0.39, 0.29) is 5.91 Å². The minimum Gasteiger partial charge on any atom is -0.450 e. The Hall–Kier alpha value is -2.55. The predicted molar refractivity (Wildman–Crippen MR) is 107 cm³/mol. The molecule has 0 spiro atoms. The van der Waals surface area contributed by atoms with E-state index in [9.17, 15) is 4.79 Å². The van der Waals surface area contributed by atoms with Crippen LogP contribution >= 0.6 is 0 Å². The van der Waals surface area contributed by atoms with Crippen molar-refractivity contribution in [2.75, 3.05) is 6.54 Å². The minimum absolute atomic E-state index is 0.129. The van der Waals surface area contributed by atoms with Crippen LogP contribution < -0.4 is 5.32 Å². The molecule has 136 valence electrons. The fourth-order valence-electron chi connectivity index (χ4n) is 3.27. The van der Waals surface area contributed by atoms with Crippen LogP contribution in [0.5, 0.6) is 0 Å². The molecule has 3 rings (SSSR count). The number of benzene rings is 2. The number of fused-ring (bicyclic) bond motifs is 1. The van der Waals surface area contributed by atoms with Crippen molar-refractivity contribution in [3.8, 4) is 11.3 Å². The van der Waals surface area contributed by atoms with Gasteiger partial charge in [-0.3, -0.25) is 4.79 Å². The van der Waals surface area contributed by atoms with Crippen molar-refractivity contribution in [3.05, 3.63) is 59.9 Å². The maximum absolute atomic E-state index is 12.7. The normalized spacial score (nSPS) is 11.0. The molecule has 0 bridgehead atoms. The third-order valence-corrected chi connectivity index (χ3v) is 4.67. The fraction of sp³-hybridized carbons (Fsp3) is 0.348. The van der Waals surface area contributed by atoms with E-state index in [2.05, 4.69) is 31.3 Å². The van der Waals surface area contributed by atoms with E-state index in [1.165, 1.54) is 24.8 Å². The molecule has 2 aromatic carbocycles. The second kappa shape index (κ2) is 8.70. The molecule has 3 aromatic rings. The average Bonchev–Trinajstić information content (AvgIpc) is 3.04. The number of hydrogen-bond donors (Lipinski definition) is 1. The van der Waals surface area contributed by atoms with Crippen LogP contribution in [-0.2, 0) is 0 Å². The summed E-state index contributed by atoms with van der Waals surface area (Å²) in [4.78, 5) is 12.7. The minimum atomic E-state index is -0.129. The van der Waals surface area contributed by atoms with Gasteiger partial charge in [-0.15, -0.1) is 0 Å². The van der Waals surface area contributed by atoms with Gasteiger partial charge in [0.1, 0.15) is 5.76 Å². The molecule has 1 amide bonds. The first-order chi connectivity index (χ1) is 12.7. The van der Waals surface area contributed by atoms with Crippen LogP contribution in [0.4, 0.5) is 0 Å². The average molecular weight is 349 g/mol. The van der Waals surface area contributed by atoms with Gasteiger partial charge in [-0.05, 0) is 19.4 Å². The van der Waals surface area contributed by atoms with Crippen LogP contribution in [0.3, 0.4) is 0 Å². The van der Waals surface area contributed by atoms with Gasteiger partial charge in [-0.2, -0.15) is 0 Å². The molecule has 0 atom stereocenters. The van der Waals surface area contributed by atoms with Gasteiger partial charge < -0.3 is 9.73 Å². The molecule has 3 nitrogen and oxygen atoms in total. The van der Waals surface area contributed by atoms with Crippen LogP contribution in [-0.4, -0.2) is 12.5 Å². The number of aryl methyl sites for hydroxylation is 1. The molecular formula is C23H27NO2. The van der Waals surface area contributed by atoms with Crippen LogP contribution in [0, 0.1) is 6.92 Å². The van der Waals surface area contributed by atoms with E-state index in [1.54, 1.807) is 0 Å². The SMILES string of the molecule is CCCCCCCNC(=O)c1oc(-c2cccc(C)c2)c2ccccc12. The maximum Gasteiger partial charge on any atom is 0.287 e. The molecule has 1 aromatic heterocycles. The summed E-state index contributed by atoms with van der Waals surface area (Å²) in [5.41, 5.74) is 2.17. The lowest BCUT2D eigenvalue weighted by Crippen LogP contribution is -2.24. The van der Waals surface area contributed by atoms with Gasteiger partial charge in [0.25, 0.3) is 5.91 Å². The summed E-state index contributed by atoms with van der Waals surface area (Å²) < 4.78 is 6.05. The zero-order valence-electron chi connectivity index (χ0n) is 15.7. The topological polar surface area (TPSA) is 42.2 Å². The van der Waals surface area contributed by atoms with E-state index < -0.39 is 0 Å². The van der Waals surface area contributed by atoms with E-state index in [4.69, 9.17) is 4.42 Å². The second-order valence-corrected chi connectivity index (χ2v) is 6.85. The van der Waals surface area contributed by atoms with E-state index in [0.717, 1.165) is 34.9 Å². The number of unbranched alkanes of at least 4 members (excludes halogenated alkanes) is 4. The Morgan fingerprint density at radius 3 is 2.50 bits per heavy atom. The number of carbonyl (C=O) groups is 1. The standard InChI is InChI=1S/C23H27NO2/c1-3-4-5-6-9-15-24-23(25)22-20-14-8-7-13-19(20)21(26-22)18-12-10-11-17(2)16-18/h7-8,10-14,16H,3-6,9,15H2,1-2H3,(H,24,25). The first kappa shape index (κ1) is 18.2. The molecule has 0 unspecified atom stereocenters. The summed E-state index contributed by atoms with van der Waals surface area (Å²) in [6.45, 7) is 4.95. The van der Waals surface area contributed by atoms with Gasteiger partial charge in [0.05, 0.1) is 0 Å². The third kappa shape index (κ3) is 4.16. The molecule has 1 heterocycles. The number of rotatable bonds is 8. The summed E-state index contributed by atoms with van der Waals surface area (Å²) >= 11 is 0. The van der Waals surface area contributed by atoms with Crippen LogP contribution in [0.1, 0.15) is 55.1 Å². The Balaban J connectivity index is 1.80. The fourth-order valence-corrected chi connectivity index (χ4v) is 3.27. The van der Waals surface area contributed by atoms with Crippen molar-refractivity contribution in [3.63, 3.8) is 0 Å². The highest BCUT2D eigenvalue weighted by Gasteiger charge is 2.19. The summed E-state index contributed by atoms with van der Waals surface area (Å²) in [6.07, 6.45) is 5.88. The number of furan rings is 1. The molecule has 0 aliphatic carbocycles. The van der Waals surface area contributed by atoms with E-state index in [1.807, 2.05) is 36.4 Å². The zero-order chi connectivity index (χ0) is 18.4. The molecule has 0 radical (unpaired) electrons. The molecule has 0 saturated carbocycles. The van der Waals surface area contributed by atoms with Crippen LogP contribution in [0.15, 0.2) is 52.9 Å². The lowest BCUT2D eigenvalue weighted by molar-refractivity contribution is 0.0928. The van der Waals surface area contributed by atoms with Crippen LogP contribution in [0.25, 0.3) is 22.1 Å². The van der Waals surface area contributed by atoms with Gasteiger partial charge in [0, 0.05) is 22.9 Å². The van der Waals surface area contributed by atoms with Crippen molar-refractivity contribution in [2.24, 2.45) is 0 Å². The number of carbonyl (C=O) groups excluding carboxylic acids is 1. The van der Waals surface area contributed by atoms with Gasteiger partial charge in [0.15, 0.2) is 5.76 Å². The lowest BCUT2D eigenvalue weighted by atomic mass is 10.1. The van der Waals surface area contributed by atoms with Crippen molar-refractivity contribution in [1.82, 2.24) is 5.32 Å². The summed E-state index contributed by atoms with van der Waals surface area (Å²) in [6, 6.07) is 16.1. The molecule has 3 heteroatoms. The Morgan fingerprint density at radius 2 is 1.73 bits per heavy atom. The van der Waals surface area contributed by atoms with Gasteiger partial charge in [-0.1, -0.05) is 80.6 Å². The first-order valence-electron chi connectivity index (χ1n) is 9.57. The Labute approximate surface area is 155 Å². The number of hydrogen-bond acceptors (Lipinski definition) is 2. The smallest absolute Gasteiger partial charge is 0.287 e. The highest BCUT2D eigenvalue weighted by Crippen LogP contribution is 2.34. The Morgan fingerprint density at radius 1 is 0.962 bits per heavy atom. The molecule has 0 aliphatic rings. The maximum atomic E-state index is 12.7. The summed E-state index contributed by atoms with van der Waals surface area (Å²) in [5, 5.41) is 4.86. The molecule has 0 fully saturated rings. The van der Waals surface area contributed by atoms with Crippen molar-refractivity contribution in [2.45, 2.75) is 46.0 Å². The van der Waals surface area contributed by atoms with Crippen LogP contribution in [0.2, 0.25) is 0 Å². The Bertz CT molecular complexity index is 879. The number of amides is 1. The molecule has 1 N–H and O–H groups in total. The van der Waals surface area contributed by atoms with Gasteiger partial charge in [-0.25, -0.2) is 0 Å². The van der Waals surface area contributed by atoms with Crippen molar-refractivity contribution < 1.29 is 9.21 Å².